The molecule has 0 radical (unpaired) electrons. The van der Waals surface area contributed by atoms with Gasteiger partial charge in [0, 0.05) is 46.6 Å². The van der Waals surface area contributed by atoms with Crippen molar-refractivity contribution in [2.24, 2.45) is 5.73 Å². The monoisotopic (exact) mass is 556 g/mol. The molecule has 2 aromatic carbocycles. The van der Waals surface area contributed by atoms with Gasteiger partial charge >= 0.3 is 0 Å². The molecule has 1 aliphatic rings. The van der Waals surface area contributed by atoms with Crippen molar-refractivity contribution in [1.82, 2.24) is 25.1 Å². The topological polar surface area (TPSA) is 126 Å². The number of benzene rings is 2. The molecule has 0 fully saturated rings. The van der Waals surface area contributed by atoms with Crippen LogP contribution in [0.1, 0.15) is 22.4 Å². The molecule has 42 heavy (non-hydrogen) atoms. The molecule has 0 saturated heterocycles. The van der Waals surface area contributed by atoms with E-state index in [2.05, 4.69) is 25.1 Å². The van der Waals surface area contributed by atoms with Crippen molar-refractivity contribution in [3.05, 3.63) is 131 Å². The van der Waals surface area contributed by atoms with Crippen LogP contribution >= 0.6 is 0 Å². The molecule has 0 atom stereocenters. The van der Waals surface area contributed by atoms with Gasteiger partial charge in [0.05, 0.1) is 29.3 Å². The molecule has 0 saturated carbocycles. The van der Waals surface area contributed by atoms with Gasteiger partial charge < -0.3 is 20.6 Å². The van der Waals surface area contributed by atoms with Crippen molar-refractivity contribution >= 4 is 16.5 Å². The van der Waals surface area contributed by atoms with Gasteiger partial charge in [0.1, 0.15) is 29.6 Å². The van der Waals surface area contributed by atoms with E-state index >= 15 is 0 Å². The molecule has 4 aromatic heterocycles. The number of hydrogen-bond donors (Lipinski definition) is 4. The van der Waals surface area contributed by atoms with Gasteiger partial charge in [-0.15, -0.1) is 0 Å². The number of aromatic nitrogens is 5. The minimum absolute atomic E-state index is 0.147. The highest BCUT2D eigenvalue weighted by Gasteiger charge is 2.21. The number of aromatic hydroxyl groups is 1. The summed E-state index contributed by atoms with van der Waals surface area (Å²) in [7, 11) is 0. The van der Waals surface area contributed by atoms with Crippen LogP contribution in [0, 0.1) is 5.82 Å². The number of H-pyrrole nitrogens is 2. The number of phenols is 1. The van der Waals surface area contributed by atoms with Crippen LogP contribution in [0.2, 0.25) is 0 Å². The quantitative estimate of drug-likeness (QED) is 0.192. The summed E-state index contributed by atoms with van der Waals surface area (Å²) >= 11 is 0. The van der Waals surface area contributed by atoms with E-state index in [1.807, 2.05) is 54.6 Å². The minimum Gasteiger partial charge on any atom is -0.508 e. The number of aromatic amines is 2. The van der Waals surface area contributed by atoms with E-state index in [0.717, 1.165) is 56.3 Å². The van der Waals surface area contributed by atoms with Gasteiger partial charge in [-0.05, 0) is 53.1 Å². The van der Waals surface area contributed by atoms with E-state index in [1.54, 1.807) is 24.7 Å². The largest absolute Gasteiger partial charge is 0.508 e. The summed E-state index contributed by atoms with van der Waals surface area (Å²) in [4.78, 5) is 12.5. The Morgan fingerprint density at radius 3 is 2.69 bits per heavy atom. The molecule has 6 aromatic rings. The standard InChI is InChI=1S/C33H25FN6O2/c34-22-8-20(9-24(41)11-22)26-7-6-23(35)12-30-27(26)13-31(38-30)33-28-14-29(37-17-32(28)39-40-33)21-10-25(16-36-15-21)42-18-19-4-2-1-3-5-19/h1-11,13-17,38,41H,12,18,35H2,(H,39,40). The lowest BCUT2D eigenvalue weighted by molar-refractivity contribution is 0.305. The third-order valence-corrected chi connectivity index (χ3v) is 7.19. The number of allylic oxidation sites excluding steroid dienone is 3. The van der Waals surface area contributed by atoms with E-state index in [9.17, 15) is 9.50 Å². The van der Waals surface area contributed by atoms with Crippen LogP contribution < -0.4 is 10.5 Å². The lowest BCUT2D eigenvalue weighted by Crippen LogP contribution is -2.01. The number of phenolic OH excluding ortho intramolecular Hbond substituents is 1. The SMILES string of the molecule is NC1=CC=C(c2cc(O)cc(F)c2)c2cc(-c3n[nH]c4cnc(-c5cncc(OCc6ccccc6)c5)cc34)[nH]c2C1. The van der Waals surface area contributed by atoms with Crippen LogP contribution in [0.15, 0.2) is 103 Å². The van der Waals surface area contributed by atoms with Crippen molar-refractivity contribution in [3.63, 3.8) is 0 Å². The Labute approximate surface area is 240 Å². The smallest absolute Gasteiger partial charge is 0.138 e. The number of nitrogens with two attached hydrogens (primary N) is 1. The van der Waals surface area contributed by atoms with Gasteiger partial charge in [0.2, 0.25) is 0 Å². The molecule has 5 N–H and O–H groups in total. The molecule has 0 spiro atoms. The zero-order valence-electron chi connectivity index (χ0n) is 22.3. The molecule has 0 bridgehead atoms. The first kappa shape index (κ1) is 25.3. The lowest BCUT2D eigenvalue weighted by atomic mass is 9.97. The Morgan fingerprint density at radius 1 is 0.952 bits per heavy atom. The molecule has 0 unspecified atom stereocenters. The molecule has 4 heterocycles. The van der Waals surface area contributed by atoms with Crippen LogP contribution in [0.3, 0.4) is 0 Å². The normalized spacial score (nSPS) is 12.9. The second kappa shape index (κ2) is 10.4. The number of ether oxygens (including phenoxy) is 1. The molecule has 9 heteroatoms. The van der Waals surface area contributed by atoms with Gasteiger partial charge in [-0.2, -0.15) is 5.10 Å². The van der Waals surface area contributed by atoms with Crippen molar-refractivity contribution in [2.45, 2.75) is 13.0 Å². The van der Waals surface area contributed by atoms with Crippen LogP contribution in [0.5, 0.6) is 11.5 Å². The maximum atomic E-state index is 14.2. The van der Waals surface area contributed by atoms with E-state index in [1.165, 1.54) is 12.1 Å². The summed E-state index contributed by atoms with van der Waals surface area (Å²) in [5, 5.41) is 18.6. The highest BCUT2D eigenvalue weighted by atomic mass is 19.1. The number of hydrogen-bond acceptors (Lipinski definition) is 6. The van der Waals surface area contributed by atoms with Crippen molar-refractivity contribution in [2.75, 3.05) is 0 Å². The van der Waals surface area contributed by atoms with E-state index in [4.69, 9.17) is 10.5 Å². The highest BCUT2D eigenvalue weighted by Crippen LogP contribution is 2.37. The number of nitrogens with one attached hydrogen (secondary N) is 2. The average molecular weight is 557 g/mol. The predicted octanol–water partition coefficient (Wildman–Crippen LogP) is 6.27. The summed E-state index contributed by atoms with van der Waals surface area (Å²) in [5.74, 6) is -0.0226. The Kier molecular flexibility index (Phi) is 6.24. The highest BCUT2D eigenvalue weighted by molar-refractivity contribution is 5.95. The molecule has 0 aliphatic heterocycles. The maximum absolute atomic E-state index is 14.2. The second-order valence-electron chi connectivity index (χ2n) is 10.1. The molecule has 0 amide bonds. The van der Waals surface area contributed by atoms with Crippen molar-refractivity contribution < 1.29 is 14.2 Å². The van der Waals surface area contributed by atoms with Crippen molar-refractivity contribution in [1.29, 1.82) is 0 Å². The first-order valence-electron chi connectivity index (χ1n) is 13.4. The number of rotatable bonds is 6. The molecule has 8 nitrogen and oxygen atoms in total. The Hall–Kier alpha value is -5.70. The van der Waals surface area contributed by atoms with Crippen LogP contribution in [-0.2, 0) is 13.0 Å². The number of pyridine rings is 2. The van der Waals surface area contributed by atoms with Gasteiger partial charge in [-0.3, -0.25) is 15.1 Å². The van der Waals surface area contributed by atoms with E-state index < -0.39 is 5.82 Å². The van der Waals surface area contributed by atoms with Gasteiger partial charge in [0.25, 0.3) is 0 Å². The predicted molar refractivity (Wildman–Crippen MR) is 159 cm³/mol. The third-order valence-electron chi connectivity index (χ3n) is 7.19. The fourth-order valence-electron chi connectivity index (χ4n) is 5.19. The van der Waals surface area contributed by atoms with E-state index in [0.29, 0.717) is 35.7 Å². The lowest BCUT2D eigenvalue weighted by Gasteiger charge is -2.08. The number of halogens is 1. The Balaban J connectivity index is 1.24. The first-order chi connectivity index (χ1) is 20.5. The molecule has 1 aliphatic carbocycles. The van der Waals surface area contributed by atoms with Crippen LogP contribution in [-0.4, -0.2) is 30.3 Å². The van der Waals surface area contributed by atoms with Crippen LogP contribution in [0.25, 0.3) is 39.1 Å². The molecular weight excluding hydrogens is 531 g/mol. The Bertz CT molecular complexity index is 1990. The van der Waals surface area contributed by atoms with Gasteiger partial charge in [-0.1, -0.05) is 36.4 Å². The summed E-state index contributed by atoms with van der Waals surface area (Å²) < 4.78 is 20.2. The first-order valence-corrected chi connectivity index (χ1v) is 13.4. The number of nitrogens with zero attached hydrogens (tertiary/aromatic N) is 3. The summed E-state index contributed by atoms with van der Waals surface area (Å²) in [5.41, 5.74) is 14.7. The summed E-state index contributed by atoms with van der Waals surface area (Å²) in [6.45, 7) is 0.438. The molecular formula is C33H25FN6O2. The third kappa shape index (κ3) is 4.88. The molecule has 206 valence electrons. The second-order valence-corrected chi connectivity index (χ2v) is 10.1. The zero-order valence-corrected chi connectivity index (χ0v) is 22.3. The maximum Gasteiger partial charge on any atom is 0.138 e. The fraction of sp³-hybridized carbons (Fsp3) is 0.0606. The minimum atomic E-state index is -0.522. The summed E-state index contributed by atoms with van der Waals surface area (Å²) in [6.07, 6.45) is 9.31. The van der Waals surface area contributed by atoms with Gasteiger partial charge in [0.15, 0.2) is 0 Å². The fourth-order valence-corrected chi connectivity index (χ4v) is 5.19. The Morgan fingerprint density at radius 2 is 1.83 bits per heavy atom. The van der Waals surface area contributed by atoms with Gasteiger partial charge in [-0.25, -0.2) is 4.39 Å². The average Bonchev–Trinajstić information content (AvgIpc) is 3.56. The van der Waals surface area contributed by atoms with Crippen LogP contribution in [0.4, 0.5) is 4.39 Å². The zero-order chi connectivity index (χ0) is 28.6. The molecule has 7 rings (SSSR count). The van der Waals surface area contributed by atoms with Crippen molar-refractivity contribution in [3.8, 4) is 34.1 Å². The van der Waals surface area contributed by atoms with E-state index in [-0.39, 0.29) is 5.75 Å². The summed E-state index contributed by atoms with van der Waals surface area (Å²) in [6, 6.07) is 19.8. The number of fused-ring (bicyclic) bond motifs is 2.